The number of aromatic nitrogens is 1. The number of rotatable bonds is 2. The quantitative estimate of drug-likeness (QED) is 0.751. The third-order valence-corrected chi connectivity index (χ3v) is 3.63. The predicted octanol–water partition coefficient (Wildman–Crippen LogP) is 0.687. The van der Waals surface area contributed by atoms with E-state index in [4.69, 9.17) is 0 Å². The van der Waals surface area contributed by atoms with Crippen LogP contribution in [0.4, 0.5) is 0 Å². The minimum Gasteiger partial charge on any atom is -0.390 e. The van der Waals surface area contributed by atoms with E-state index in [9.17, 15) is 9.90 Å². The van der Waals surface area contributed by atoms with Gasteiger partial charge in [0.15, 0.2) is 0 Å². The minimum absolute atomic E-state index is 0.151. The Morgan fingerprint density at radius 2 is 2.30 bits per heavy atom. The summed E-state index contributed by atoms with van der Waals surface area (Å²) >= 11 is 0. The third kappa shape index (κ3) is 2.64. The molecule has 0 saturated carbocycles. The number of amides is 1. The second-order valence-electron chi connectivity index (χ2n) is 5.05. The summed E-state index contributed by atoms with van der Waals surface area (Å²) in [7, 11) is 0. The van der Waals surface area contributed by atoms with Crippen LogP contribution in [0.2, 0.25) is 0 Å². The molecule has 5 nitrogen and oxygen atoms in total. The van der Waals surface area contributed by atoms with Gasteiger partial charge in [0.25, 0.3) is 5.91 Å². The van der Waals surface area contributed by atoms with Crippen LogP contribution in [0.3, 0.4) is 0 Å². The number of pyridine rings is 1. The average molecular weight is 271 g/mol. The molecule has 1 saturated heterocycles. The van der Waals surface area contributed by atoms with Crippen molar-refractivity contribution in [1.29, 1.82) is 0 Å². The van der Waals surface area contributed by atoms with E-state index in [1.54, 1.807) is 12.3 Å². The van der Waals surface area contributed by atoms with Crippen molar-refractivity contribution in [3.63, 3.8) is 0 Å². The fourth-order valence-electron chi connectivity index (χ4n) is 2.48. The van der Waals surface area contributed by atoms with Crippen LogP contribution in [0.1, 0.15) is 16.8 Å². The molecule has 2 heterocycles. The summed E-state index contributed by atoms with van der Waals surface area (Å²) in [5, 5.41) is 16.8. The topological polar surface area (TPSA) is 74.2 Å². The van der Waals surface area contributed by atoms with E-state index in [-0.39, 0.29) is 11.9 Å². The molecule has 20 heavy (non-hydrogen) atoms. The molecule has 104 valence electrons. The molecular weight excluding hydrogens is 254 g/mol. The monoisotopic (exact) mass is 271 g/mol. The number of hydrogen-bond acceptors (Lipinski definition) is 4. The fraction of sp³-hybridized carbons (Fsp3) is 0.333. The zero-order chi connectivity index (χ0) is 13.9. The minimum atomic E-state index is -0.533. The number of fused-ring (bicyclic) bond motifs is 1. The van der Waals surface area contributed by atoms with Crippen molar-refractivity contribution in [3.8, 4) is 0 Å². The molecule has 0 radical (unpaired) electrons. The number of piperidine rings is 1. The lowest BCUT2D eigenvalue weighted by Gasteiger charge is -2.29. The summed E-state index contributed by atoms with van der Waals surface area (Å²) in [6, 6.07) is 9.01. The lowest BCUT2D eigenvalue weighted by atomic mass is 10.0. The van der Waals surface area contributed by atoms with Crippen molar-refractivity contribution in [1.82, 2.24) is 15.6 Å². The predicted molar refractivity (Wildman–Crippen MR) is 76.5 cm³/mol. The molecule has 3 N–H and O–H groups in total. The van der Waals surface area contributed by atoms with Crippen molar-refractivity contribution in [3.05, 3.63) is 42.1 Å². The highest BCUT2D eigenvalue weighted by atomic mass is 16.3. The Morgan fingerprint density at radius 1 is 1.40 bits per heavy atom. The van der Waals surface area contributed by atoms with Crippen LogP contribution in [-0.4, -0.2) is 41.2 Å². The molecule has 2 atom stereocenters. The number of nitrogens with one attached hydrogen (secondary N) is 2. The maximum Gasteiger partial charge on any atom is 0.251 e. The number of benzene rings is 1. The van der Waals surface area contributed by atoms with Gasteiger partial charge in [0.2, 0.25) is 0 Å². The summed E-state index contributed by atoms with van der Waals surface area (Å²) in [5.41, 5.74) is 1.46. The van der Waals surface area contributed by atoms with Gasteiger partial charge in [-0.2, -0.15) is 0 Å². The Hall–Kier alpha value is -1.98. The van der Waals surface area contributed by atoms with Gasteiger partial charge < -0.3 is 15.7 Å². The Kier molecular flexibility index (Phi) is 3.62. The lowest BCUT2D eigenvalue weighted by molar-refractivity contribution is 0.0765. The van der Waals surface area contributed by atoms with Crippen LogP contribution in [0.25, 0.3) is 10.9 Å². The Morgan fingerprint density at radius 3 is 3.15 bits per heavy atom. The first-order valence-electron chi connectivity index (χ1n) is 6.78. The highest BCUT2D eigenvalue weighted by Crippen LogP contribution is 2.14. The number of aliphatic hydroxyl groups is 1. The number of carbonyl (C=O) groups is 1. The van der Waals surface area contributed by atoms with E-state index in [2.05, 4.69) is 15.6 Å². The molecule has 0 bridgehead atoms. The van der Waals surface area contributed by atoms with Gasteiger partial charge in [-0.05, 0) is 37.2 Å². The molecule has 1 amide bonds. The van der Waals surface area contributed by atoms with Gasteiger partial charge in [-0.15, -0.1) is 0 Å². The smallest absolute Gasteiger partial charge is 0.251 e. The molecule has 1 aromatic heterocycles. The van der Waals surface area contributed by atoms with Crippen molar-refractivity contribution >= 4 is 16.8 Å². The number of β-amino-alcohol motifs (C(OH)–C–C–N with tert-alkyl or cyclic N) is 1. The Bertz CT molecular complexity index is 629. The first-order chi connectivity index (χ1) is 9.74. The van der Waals surface area contributed by atoms with E-state index >= 15 is 0 Å². The summed E-state index contributed by atoms with van der Waals surface area (Å²) in [5.74, 6) is -0.151. The second-order valence-corrected chi connectivity index (χ2v) is 5.05. The molecule has 5 heteroatoms. The molecule has 1 aromatic carbocycles. The van der Waals surface area contributed by atoms with Crippen LogP contribution >= 0.6 is 0 Å². The molecule has 1 aliphatic heterocycles. The van der Waals surface area contributed by atoms with E-state index in [1.807, 2.05) is 24.3 Å². The van der Waals surface area contributed by atoms with Gasteiger partial charge in [0, 0.05) is 23.7 Å². The standard InChI is InChI=1S/C15H17N3O2/c19-14-9-16-7-5-13(14)18-15(20)11-3-4-12-10(8-11)2-1-6-17-12/h1-4,6,8,13-14,16,19H,5,7,9H2,(H,18,20)/t13-,14-/m1/s1. The number of carbonyl (C=O) groups excluding carboxylic acids is 1. The van der Waals surface area contributed by atoms with Crippen LogP contribution in [0, 0.1) is 0 Å². The lowest BCUT2D eigenvalue weighted by Crippen LogP contribution is -2.52. The molecular formula is C15H17N3O2. The summed E-state index contributed by atoms with van der Waals surface area (Å²) in [6.07, 6.45) is 1.94. The summed E-state index contributed by atoms with van der Waals surface area (Å²) < 4.78 is 0. The van der Waals surface area contributed by atoms with E-state index in [1.165, 1.54) is 0 Å². The van der Waals surface area contributed by atoms with Gasteiger partial charge in [-0.1, -0.05) is 6.07 Å². The summed E-state index contributed by atoms with van der Waals surface area (Å²) in [6.45, 7) is 1.33. The SMILES string of the molecule is O=C(N[C@@H]1CCNC[C@H]1O)c1ccc2ncccc2c1. The molecule has 1 aliphatic rings. The molecule has 0 unspecified atom stereocenters. The van der Waals surface area contributed by atoms with Crippen LogP contribution in [0.5, 0.6) is 0 Å². The molecule has 0 aliphatic carbocycles. The van der Waals surface area contributed by atoms with Gasteiger partial charge in [-0.25, -0.2) is 0 Å². The summed E-state index contributed by atoms with van der Waals surface area (Å²) in [4.78, 5) is 16.5. The number of aliphatic hydroxyl groups excluding tert-OH is 1. The normalized spacial score (nSPS) is 22.6. The zero-order valence-electron chi connectivity index (χ0n) is 11.0. The van der Waals surface area contributed by atoms with Gasteiger partial charge in [0.05, 0.1) is 17.7 Å². The van der Waals surface area contributed by atoms with E-state index in [0.717, 1.165) is 23.9 Å². The van der Waals surface area contributed by atoms with Crippen molar-refractivity contribution in [2.24, 2.45) is 0 Å². The number of nitrogens with zero attached hydrogens (tertiary/aromatic N) is 1. The maximum absolute atomic E-state index is 12.2. The first kappa shape index (κ1) is 13.0. The average Bonchev–Trinajstić information content (AvgIpc) is 2.49. The molecule has 3 rings (SSSR count). The van der Waals surface area contributed by atoms with Gasteiger partial charge in [0.1, 0.15) is 0 Å². The van der Waals surface area contributed by atoms with E-state index in [0.29, 0.717) is 12.1 Å². The van der Waals surface area contributed by atoms with Crippen molar-refractivity contribution in [2.75, 3.05) is 13.1 Å². The maximum atomic E-state index is 12.2. The Labute approximate surface area is 117 Å². The van der Waals surface area contributed by atoms with Crippen LogP contribution in [0.15, 0.2) is 36.5 Å². The molecule has 1 fully saturated rings. The highest BCUT2D eigenvalue weighted by Gasteiger charge is 2.24. The largest absolute Gasteiger partial charge is 0.390 e. The fourth-order valence-corrected chi connectivity index (χ4v) is 2.48. The van der Waals surface area contributed by atoms with Crippen LogP contribution in [-0.2, 0) is 0 Å². The first-order valence-corrected chi connectivity index (χ1v) is 6.78. The molecule has 0 spiro atoms. The number of hydrogen-bond donors (Lipinski definition) is 3. The van der Waals surface area contributed by atoms with Crippen molar-refractivity contribution in [2.45, 2.75) is 18.6 Å². The van der Waals surface area contributed by atoms with Gasteiger partial charge >= 0.3 is 0 Å². The van der Waals surface area contributed by atoms with E-state index < -0.39 is 6.10 Å². The van der Waals surface area contributed by atoms with Gasteiger partial charge in [-0.3, -0.25) is 9.78 Å². The van der Waals surface area contributed by atoms with Crippen LogP contribution < -0.4 is 10.6 Å². The third-order valence-electron chi connectivity index (χ3n) is 3.63. The zero-order valence-corrected chi connectivity index (χ0v) is 11.0. The highest BCUT2D eigenvalue weighted by molar-refractivity contribution is 5.98. The second kappa shape index (κ2) is 5.56. The van der Waals surface area contributed by atoms with Crippen molar-refractivity contribution < 1.29 is 9.90 Å². The molecule has 2 aromatic rings. The Balaban J connectivity index is 1.78.